The van der Waals surface area contributed by atoms with Gasteiger partial charge in [-0.3, -0.25) is 5.10 Å². The molecule has 4 nitrogen and oxygen atoms in total. The van der Waals surface area contributed by atoms with Gasteiger partial charge in [0.05, 0.1) is 18.3 Å². The van der Waals surface area contributed by atoms with Crippen molar-refractivity contribution in [1.82, 2.24) is 15.5 Å². The van der Waals surface area contributed by atoms with E-state index in [0.29, 0.717) is 0 Å². The Morgan fingerprint density at radius 3 is 2.93 bits per heavy atom. The van der Waals surface area contributed by atoms with Crippen molar-refractivity contribution in [3.05, 3.63) is 23.9 Å². The van der Waals surface area contributed by atoms with Gasteiger partial charge in [-0.25, -0.2) is 0 Å². The summed E-state index contributed by atoms with van der Waals surface area (Å²) in [6, 6.07) is 6.12. The predicted octanol–water partition coefficient (Wildman–Crippen LogP) is 1.85. The topological polar surface area (TPSA) is 49.9 Å². The van der Waals surface area contributed by atoms with E-state index in [0.717, 1.165) is 22.3 Å². The number of rotatable bonds is 3. The molecule has 1 aromatic heterocycles. The van der Waals surface area contributed by atoms with Crippen molar-refractivity contribution in [1.29, 1.82) is 0 Å². The fourth-order valence-corrected chi connectivity index (χ4v) is 1.61. The van der Waals surface area contributed by atoms with Crippen molar-refractivity contribution in [3.63, 3.8) is 0 Å². The second kappa shape index (κ2) is 3.90. The van der Waals surface area contributed by atoms with Gasteiger partial charge in [-0.1, -0.05) is 0 Å². The van der Waals surface area contributed by atoms with Gasteiger partial charge in [0.15, 0.2) is 0 Å². The van der Waals surface area contributed by atoms with Crippen LogP contribution in [0.5, 0.6) is 5.75 Å². The van der Waals surface area contributed by atoms with Crippen molar-refractivity contribution in [2.24, 2.45) is 0 Å². The molecule has 15 heavy (non-hydrogen) atoms. The zero-order valence-electron chi connectivity index (χ0n) is 9.16. The molecule has 0 aliphatic heterocycles. The molecule has 2 rings (SSSR count). The fraction of sp³-hybridized carbons (Fsp3) is 0.364. The van der Waals surface area contributed by atoms with Crippen LogP contribution in [0.2, 0.25) is 0 Å². The Labute approximate surface area is 88.6 Å². The molecule has 0 saturated carbocycles. The molecule has 1 aromatic carbocycles. The molecule has 80 valence electrons. The summed E-state index contributed by atoms with van der Waals surface area (Å²) in [4.78, 5) is 0. The van der Waals surface area contributed by atoms with Crippen LogP contribution in [0, 0.1) is 0 Å². The van der Waals surface area contributed by atoms with E-state index in [2.05, 4.69) is 22.4 Å². The fourth-order valence-electron chi connectivity index (χ4n) is 1.61. The Kier molecular flexibility index (Phi) is 2.60. The van der Waals surface area contributed by atoms with Crippen LogP contribution in [0.15, 0.2) is 18.2 Å². The molecule has 0 spiro atoms. The van der Waals surface area contributed by atoms with E-state index in [1.54, 1.807) is 7.11 Å². The van der Waals surface area contributed by atoms with Crippen LogP contribution in [-0.4, -0.2) is 24.4 Å². The van der Waals surface area contributed by atoms with E-state index in [4.69, 9.17) is 4.74 Å². The summed E-state index contributed by atoms with van der Waals surface area (Å²) in [7, 11) is 3.60. The van der Waals surface area contributed by atoms with E-state index in [9.17, 15) is 0 Å². The minimum Gasteiger partial charge on any atom is -0.497 e. The predicted molar refractivity (Wildman–Crippen MR) is 60.1 cm³/mol. The number of hydrogen-bond donors (Lipinski definition) is 2. The van der Waals surface area contributed by atoms with Gasteiger partial charge in [0.1, 0.15) is 5.75 Å². The second-order valence-electron chi connectivity index (χ2n) is 3.53. The number of nitrogens with one attached hydrogen (secondary N) is 2. The van der Waals surface area contributed by atoms with E-state index in [1.165, 1.54) is 0 Å². The third kappa shape index (κ3) is 1.68. The SMILES string of the molecule is CNC(C)c1[nH]nc2ccc(OC)cc12. The van der Waals surface area contributed by atoms with Crippen LogP contribution in [0.25, 0.3) is 10.9 Å². The summed E-state index contributed by atoms with van der Waals surface area (Å²) < 4.78 is 5.20. The van der Waals surface area contributed by atoms with Gasteiger partial charge < -0.3 is 10.1 Å². The number of H-pyrrole nitrogens is 1. The first kappa shape index (κ1) is 9.98. The lowest BCUT2D eigenvalue weighted by Gasteiger charge is -2.08. The van der Waals surface area contributed by atoms with Crippen molar-refractivity contribution in [3.8, 4) is 5.75 Å². The summed E-state index contributed by atoms with van der Waals surface area (Å²) in [5.74, 6) is 0.855. The van der Waals surface area contributed by atoms with E-state index in [-0.39, 0.29) is 6.04 Å². The van der Waals surface area contributed by atoms with Crippen molar-refractivity contribution in [2.45, 2.75) is 13.0 Å². The Balaban J connectivity index is 2.56. The average molecular weight is 205 g/mol. The number of aromatic amines is 1. The summed E-state index contributed by atoms with van der Waals surface area (Å²) >= 11 is 0. The molecule has 0 amide bonds. The van der Waals surface area contributed by atoms with E-state index >= 15 is 0 Å². The minimum absolute atomic E-state index is 0.252. The summed E-state index contributed by atoms with van der Waals surface area (Å²) in [5.41, 5.74) is 2.05. The van der Waals surface area contributed by atoms with Crippen molar-refractivity contribution in [2.75, 3.05) is 14.2 Å². The van der Waals surface area contributed by atoms with E-state index < -0.39 is 0 Å². The largest absolute Gasteiger partial charge is 0.497 e. The van der Waals surface area contributed by atoms with Crippen LogP contribution in [0.4, 0.5) is 0 Å². The highest BCUT2D eigenvalue weighted by Gasteiger charge is 2.11. The zero-order chi connectivity index (χ0) is 10.8. The van der Waals surface area contributed by atoms with Crippen LogP contribution in [0.3, 0.4) is 0 Å². The maximum Gasteiger partial charge on any atom is 0.119 e. The van der Waals surface area contributed by atoms with Crippen LogP contribution in [-0.2, 0) is 0 Å². The Bertz CT molecular complexity index is 464. The Morgan fingerprint density at radius 1 is 1.47 bits per heavy atom. The number of ether oxygens (including phenoxy) is 1. The molecule has 1 heterocycles. The number of aromatic nitrogens is 2. The lowest BCUT2D eigenvalue weighted by atomic mass is 10.1. The van der Waals surface area contributed by atoms with Gasteiger partial charge in [0.25, 0.3) is 0 Å². The molecule has 1 unspecified atom stereocenters. The Hall–Kier alpha value is -1.55. The molecule has 0 fully saturated rings. The summed E-state index contributed by atoms with van der Waals surface area (Å²) in [6.45, 7) is 2.09. The highest BCUT2D eigenvalue weighted by molar-refractivity contribution is 5.83. The third-order valence-electron chi connectivity index (χ3n) is 2.66. The first-order valence-corrected chi connectivity index (χ1v) is 4.95. The van der Waals surface area contributed by atoms with Gasteiger partial charge in [0.2, 0.25) is 0 Å². The normalized spacial score (nSPS) is 13.0. The number of benzene rings is 1. The number of methoxy groups -OCH3 is 1. The number of fused-ring (bicyclic) bond motifs is 1. The maximum absolute atomic E-state index is 5.20. The zero-order valence-corrected chi connectivity index (χ0v) is 9.16. The van der Waals surface area contributed by atoms with Crippen molar-refractivity contribution >= 4 is 10.9 Å². The first-order valence-electron chi connectivity index (χ1n) is 4.95. The average Bonchev–Trinajstić information content (AvgIpc) is 2.70. The monoisotopic (exact) mass is 205 g/mol. The highest BCUT2D eigenvalue weighted by atomic mass is 16.5. The molecule has 0 radical (unpaired) electrons. The van der Waals surface area contributed by atoms with Gasteiger partial charge in [0, 0.05) is 11.4 Å². The minimum atomic E-state index is 0.252. The first-order chi connectivity index (χ1) is 7.26. The van der Waals surface area contributed by atoms with Crippen LogP contribution in [0.1, 0.15) is 18.7 Å². The second-order valence-corrected chi connectivity index (χ2v) is 3.53. The molecular formula is C11H15N3O. The Morgan fingerprint density at radius 2 is 2.27 bits per heavy atom. The van der Waals surface area contributed by atoms with Crippen LogP contribution < -0.4 is 10.1 Å². The molecule has 0 aliphatic carbocycles. The smallest absolute Gasteiger partial charge is 0.119 e. The summed E-state index contributed by atoms with van der Waals surface area (Å²) in [5, 5.41) is 11.6. The molecule has 0 bridgehead atoms. The van der Waals surface area contributed by atoms with E-state index in [1.807, 2.05) is 25.2 Å². The van der Waals surface area contributed by atoms with Crippen molar-refractivity contribution < 1.29 is 4.74 Å². The van der Waals surface area contributed by atoms with Gasteiger partial charge >= 0.3 is 0 Å². The number of nitrogens with zero attached hydrogens (tertiary/aromatic N) is 1. The molecule has 4 heteroatoms. The maximum atomic E-state index is 5.20. The molecule has 1 atom stereocenters. The quantitative estimate of drug-likeness (QED) is 0.804. The lowest BCUT2D eigenvalue weighted by Crippen LogP contribution is -2.12. The molecule has 2 N–H and O–H groups in total. The lowest BCUT2D eigenvalue weighted by molar-refractivity contribution is 0.415. The number of hydrogen-bond acceptors (Lipinski definition) is 3. The van der Waals surface area contributed by atoms with Gasteiger partial charge in [-0.05, 0) is 32.2 Å². The standard InChI is InChI=1S/C11H15N3O/c1-7(12-2)11-9-6-8(15-3)4-5-10(9)13-14-11/h4-7,12H,1-3H3,(H,13,14). The van der Waals surface area contributed by atoms with Crippen LogP contribution >= 0.6 is 0 Å². The molecule has 2 aromatic rings. The molecule has 0 aliphatic rings. The molecule has 0 saturated heterocycles. The van der Waals surface area contributed by atoms with Gasteiger partial charge in [-0.15, -0.1) is 0 Å². The van der Waals surface area contributed by atoms with Gasteiger partial charge in [-0.2, -0.15) is 5.10 Å². The highest BCUT2D eigenvalue weighted by Crippen LogP contribution is 2.25. The summed E-state index contributed by atoms with van der Waals surface area (Å²) in [6.07, 6.45) is 0. The third-order valence-corrected chi connectivity index (χ3v) is 2.66. The molecular weight excluding hydrogens is 190 g/mol.